The van der Waals surface area contributed by atoms with Crippen molar-refractivity contribution in [3.63, 3.8) is 0 Å². The van der Waals surface area contributed by atoms with Crippen LogP contribution in [0.4, 0.5) is 0 Å². The largest absolute Gasteiger partial charge is 0.295 e. The first kappa shape index (κ1) is 15.1. The summed E-state index contributed by atoms with van der Waals surface area (Å²) in [7, 11) is 0. The minimum absolute atomic E-state index is 0.00633. The molecule has 0 fully saturated rings. The van der Waals surface area contributed by atoms with Crippen LogP contribution in [-0.2, 0) is 4.79 Å². The molecule has 0 bridgehead atoms. The maximum Gasteiger partial charge on any atom is 0.159 e. The van der Waals surface area contributed by atoms with Crippen molar-refractivity contribution in [2.45, 2.75) is 25.6 Å². The summed E-state index contributed by atoms with van der Waals surface area (Å²) in [6.07, 6.45) is 0.462. The quantitative estimate of drug-likeness (QED) is 0.537. The lowest BCUT2D eigenvalue weighted by atomic mass is 9.77. The Hall–Kier alpha value is -1.86. The Bertz CT molecular complexity index is 795. The Balaban J connectivity index is 2.25. The third-order valence-electron chi connectivity index (χ3n) is 4.57. The van der Waals surface area contributed by atoms with Gasteiger partial charge in [0.1, 0.15) is 0 Å². The molecule has 0 heterocycles. The number of carbonyl (C=O) groups is 1. The minimum Gasteiger partial charge on any atom is -0.295 e. The van der Waals surface area contributed by atoms with Gasteiger partial charge in [-0.05, 0) is 41.3 Å². The number of ketones is 1. The van der Waals surface area contributed by atoms with Crippen LogP contribution in [0.2, 0.25) is 0 Å². The molecule has 0 N–H and O–H groups in total. The number of Topliss-reactive ketones (excluding diaryl/α,β-unsaturated/α-hetero) is 1. The van der Waals surface area contributed by atoms with E-state index in [4.69, 9.17) is 11.6 Å². The van der Waals surface area contributed by atoms with Crippen LogP contribution in [0.15, 0.2) is 60.2 Å². The number of alkyl halides is 1. The van der Waals surface area contributed by atoms with Gasteiger partial charge in [-0.15, -0.1) is 11.6 Å². The SMILES string of the molecule is C=C(C)C1CC(=O)C(C)=C(c2cccc3ccccc23)C1Cl. The third kappa shape index (κ3) is 2.40. The molecule has 2 aromatic rings. The highest BCUT2D eigenvalue weighted by Crippen LogP contribution is 2.42. The van der Waals surface area contributed by atoms with Crippen LogP contribution in [0.3, 0.4) is 0 Å². The Morgan fingerprint density at radius 3 is 2.59 bits per heavy atom. The van der Waals surface area contributed by atoms with Crippen molar-refractivity contribution in [3.8, 4) is 0 Å². The van der Waals surface area contributed by atoms with E-state index in [1.165, 1.54) is 0 Å². The van der Waals surface area contributed by atoms with E-state index in [1.807, 2.05) is 32.0 Å². The summed E-state index contributed by atoms with van der Waals surface area (Å²) < 4.78 is 0. The zero-order valence-corrected chi connectivity index (χ0v) is 13.7. The molecular formula is C20H19ClO. The van der Waals surface area contributed by atoms with Crippen LogP contribution in [-0.4, -0.2) is 11.2 Å². The van der Waals surface area contributed by atoms with Gasteiger partial charge >= 0.3 is 0 Å². The van der Waals surface area contributed by atoms with Gasteiger partial charge in [0.05, 0.1) is 5.38 Å². The van der Waals surface area contributed by atoms with E-state index in [0.717, 1.165) is 33.1 Å². The van der Waals surface area contributed by atoms with Gasteiger partial charge in [-0.25, -0.2) is 0 Å². The number of halogens is 1. The van der Waals surface area contributed by atoms with Crippen LogP contribution >= 0.6 is 11.6 Å². The van der Waals surface area contributed by atoms with E-state index in [9.17, 15) is 4.79 Å². The summed E-state index contributed by atoms with van der Waals surface area (Å²) in [5.74, 6) is 0.180. The van der Waals surface area contributed by atoms with E-state index >= 15 is 0 Å². The molecule has 0 aliphatic heterocycles. The summed E-state index contributed by atoms with van der Waals surface area (Å²) in [5.41, 5.74) is 3.78. The average molecular weight is 311 g/mol. The first-order valence-corrected chi connectivity index (χ1v) is 7.96. The van der Waals surface area contributed by atoms with Crippen molar-refractivity contribution in [2.75, 3.05) is 0 Å². The summed E-state index contributed by atoms with van der Waals surface area (Å²) in [6.45, 7) is 7.87. The van der Waals surface area contributed by atoms with Gasteiger partial charge in [0, 0.05) is 12.3 Å². The van der Waals surface area contributed by atoms with E-state index in [2.05, 4.69) is 30.8 Å². The monoisotopic (exact) mass is 310 g/mol. The summed E-state index contributed by atoms with van der Waals surface area (Å²) in [4.78, 5) is 12.4. The van der Waals surface area contributed by atoms with Crippen LogP contribution in [0.1, 0.15) is 25.8 Å². The lowest BCUT2D eigenvalue weighted by Crippen LogP contribution is -2.28. The lowest BCUT2D eigenvalue weighted by molar-refractivity contribution is -0.116. The van der Waals surface area contributed by atoms with E-state index in [0.29, 0.717) is 6.42 Å². The molecule has 2 unspecified atom stereocenters. The summed E-state index contributed by atoms with van der Waals surface area (Å²) in [5, 5.41) is 2.09. The average Bonchev–Trinajstić information content (AvgIpc) is 2.51. The predicted octanol–water partition coefficient (Wildman–Crippen LogP) is 5.39. The van der Waals surface area contributed by atoms with E-state index in [-0.39, 0.29) is 17.1 Å². The Morgan fingerprint density at radius 1 is 1.18 bits per heavy atom. The maximum absolute atomic E-state index is 12.4. The van der Waals surface area contributed by atoms with E-state index < -0.39 is 0 Å². The first-order valence-electron chi connectivity index (χ1n) is 7.52. The van der Waals surface area contributed by atoms with Crippen molar-refractivity contribution in [1.29, 1.82) is 0 Å². The molecule has 1 nitrogen and oxygen atoms in total. The molecule has 0 spiro atoms. The van der Waals surface area contributed by atoms with Gasteiger partial charge in [-0.3, -0.25) is 4.79 Å². The molecule has 2 atom stereocenters. The molecule has 1 aliphatic carbocycles. The number of carbonyl (C=O) groups excluding carboxylic acids is 1. The number of hydrogen-bond acceptors (Lipinski definition) is 1. The van der Waals surface area contributed by atoms with Gasteiger partial charge in [0.15, 0.2) is 5.78 Å². The number of hydrogen-bond donors (Lipinski definition) is 0. The Kier molecular flexibility index (Phi) is 3.92. The number of benzene rings is 2. The van der Waals surface area contributed by atoms with Gasteiger partial charge in [-0.2, -0.15) is 0 Å². The standard InChI is InChI=1S/C20H19ClO/c1-12(2)17-11-18(22)13(3)19(20(17)21)16-10-6-8-14-7-4-5-9-15(14)16/h4-10,17,20H,1,11H2,2-3H3. The molecule has 112 valence electrons. The molecule has 2 heteroatoms. The van der Waals surface area contributed by atoms with Gasteiger partial charge in [-0.1, -0.05) is 54.6 Å². The third-order valence-corrected chi connectivity index (χ3v) is 5.09. The van der Waals surface area contributed by atoms with Gasteiger partial charge in [0.25, 0.3) is 0 Å². The minimum atomic E-state index is -0.207. The zero-order valence-electron chi connectivity index (χ0n) is 12.9. The van der Waals surface area contributed by atoms with Crippen LogP contribution < -0.4 is 0 Å². The highest BCUT2D eigenvalue weighted by molar-refractivity contribution is 6.30. The normalized spacial score (nSPS) is 22.2. The lowest BCUT2D eigenvalue weighted by Gasteiger charge is -2.31. The smallest absolute Gasteiger partial charge is 0.159 e. The number of allylic oxidation sites excluding steroid dienone is 3. The highest BCUT2D eigenvalue weighted by Gasteiger charge is 2.34. The maximum atomic E-state index is 12.4. The van der Waals surface area contributed by atoms with Crippen molar-refractivity contribution in [1.82, 2.24) is 0 Å². The molecule has 1 aliphatic rings. The molecule has 0 saturated heterocycles. The second kappa shape index (κ2) is 5.73. The number of fused-ring (bicyclic) bond motifs is 1. The summed E-state index contributed by atoms with van der Waals surface area (Å²) in [6, 6.07) is 14.4. The molecule has 0 saturated carbocycles. The Morgan fingerprint density at radius 2 is 1.86 bits per heavy atom. The molecule has 2 aromatic carbocycles. The van der Waals surface area contributed by atoms with Crippen molar-refractivity contribution in [2.24, 2.45) is 5.92 Å². The number of rotatable bonds is 2. The van der Waals surface area contributed by atoms with Gasteiger partial charge < -0.3 is 0 Å². The molecular weight excluding hydrogens is 292 g/mol. The second-order valence-electron chi connectivity index (χ2n) is 6.05. The van der Waals surface area contributed by atoms with Crippen LogP contribution in [0.5, 0.6) is 0 Å². The zero-order chi connectivity index (χ0) is 15.9. The molecule has 22 heavy (non-hydrogen) atoms. The van der Waals surface area contributed by atoms with Crippen molar-refractivity contribution < 1.29 is 4.79 Å². The van der Waals surface area contributed by atoms with Gasteiger partial charge in [0.2, 0.25) is 0 Å². The second-order valence-corrected chi connectivity index (χ2v) is 6.52. The van der Waals surface area contributed by atoms with Crippen molar-refractivity contribution in [3.05, 3.63) is 65.8 Å². The first-order chi connectivity index (χ1) is 10.5. The van der Waals surface area contributed by atoms with Crippen LogP contribution in [0, 0.1) is 5.92 Å². The van der Waals surface area contributed by atoms with E-state index in [1.54, 1.807) is 0 Å². The molecule has 0 radical (unpaired) electrons. The fourth-order valence-electron chi connectivity index (χ4n) is 3.25. The Labute approximate surface area is 136 Å². The predicted molar refractivity (Wildman–Crippen MR) is 94.1 cm³/mol. The summed E-state index contributed by atoms with van der Waals surface area (Å²) >= 11 is 6.77. The van der Waals surface area contributed by atoms with Crippen LogP contribution in [0.25, 0.3) is 16.3 Å². The topological polar surface area (TPSA) is 17.1 Å². The molecule has 3 rings (SSSR count). The molecule has 0 aromatic heterocycles. The fourth-order valence-corrected chi connectivity index (χ4v) is 3.83. The fraction of sp³-hybridized carbons (Fsp3) is 0.250. The van der Waals surface area contributed by atoms with Crippen molar-refractivity contribution >= 4 is 33.7 Å². The molecule has 0 amide bonds. The highest BCUT2D eigenvalue weighted by atomic mass is 35.5.